The van der Waals surface area contributed by atoms with Gasteiger partial charge < -0.3 is 15.2 Å². The van der Waals surface area contributed by atoms with Crippen molar-refractivity contribution in [1.82, 2.24) is 15.2 Å². The van der Waals surface area contributed by atoms with E-state index in [0.29, 0.717) is 30.0 Å². The molecule has 2 aromatic carbocycles. The van der Waals surface area contributed by atoms with Gasteiger partial charge in [-0.15, -0.1) is 0 Å². The highest BCUT2D eigenvalue weighted by Gasteiger charge is 2.34. The minimum Gasteiger partial charge on any atom is -0.356 e. The van der Waals surface area contributed by atoms with E-state index in [1.54, 1.807) is 12.1 Å². The molecule has 1 saturated carbocycles. The fourth-order valence-corrected chi connectivity index (χ4v) is 5.44. The van der Waals surface area contributed by atoms with Crippen molar-refractivity contribution >= 4 is 16.8 Å². The molecule has 0 radical (unpaired) electrons. The molecule has 0 spiro atoms. The molecule has 1 saturated heterocycles. The molecule has 4 nitrogen and oxygen atoms in total. The van der Waals surface area contributed by atoms with Crippen molar-refractivity contribution in [2.45, 2.75) is 44.4 Å². The van der Waals surface area contributed by atoms with Crippen molar-refractivity contribution in [3.8, 4) is 11.3 Å². The molecule has 2 heterocycles. The van der Waals surface area contributed by atoms with Crippen LogP contribution in [0.5, 0.6) is 0 Å². The number of aromatic amines is 1. The number of H-pyrrole nitrogens is 1. The maximum atomic E-state index is 14.5. The average Bonchev–Trinajstić information content (AvgIpc) is 3.17. The number of piperidine rings is 1. The van der Waals surface area contributed by atoms with Gasteiger partial charge in [0.05, 0.1) is 11.2 Å². The zero-order valence-electron chi connectivity index (χ0n) is 19.2. The molecule has 0 bridgehead atoms. The van der Waals surface area contributed by atoms with Crippen LogP contribution < -0.4 is 5.32 Å². The van der Waals surface area contributed by atoms with Crippen molar-refractivity contribution < 1.29 is 18.0 Å². The van der Waals surface area contributed by atoms with Crippen LogP contribution in [0.15, 0.2) is 36.4 Å². The van der Waals surface area contributed by atoms with Gasteiger partial charge >= 0.3 is 0 Å². The summed E-state index contributed by atoms with van der Waals surface area (Å²) in [5.41, 5.74) is 2.58. The Hall–Kier alpha value is -2.80. The number of fused-ring (bicyclic) bond motifs is 1. The molecule has 1 aromatic heterocycles. The van der Waals surface area contributed by atoms with Gasteiger partial charge in [0, 0.05) is 31.0 Å². The van der Waals surface area contributed by atoms with Crippen LogP contribution in [0.25, 0.3) is 22.2 Å². The summed E-state index contributed by atoms with van der Waals surface area (Å²) in [6.45, 7) is 3.60. The van der Waals surface area contributed by atoms with E-state index < -0.39 is 11.6 Å². The summed E-state index contributed by atoms with van der Waals surface area (Å²) >= 11 is 0. The second-order valence-corrected chi connectivity index (χ2v) is 9.72. The highest BCUT2D eigenvalue weighted by Crippen LogP contribution is 2.48. The third-order valence-electron chi connectivity index (χ3n) is 7.33. The predicted molar refractivity (Wildman–Crippen MR) is 127 cm³/mol. The van der Waals surface area contributed by atoms with Gasteiger partial charge in [0.15, 0.2) is 0 Å². The molecule has 3 aromatic rings. The second-order valence-electron chi connectivity index (χ2n) is 9.72. The monoisotopic (exact) mass is 469 g/mol. The van der Waals surface area contributed by atoms with Crippen LogP contribution in [0.2, 0.25) is 0 Å². The number of carbonyl (C=O) groups is 1. The number of nitrogens with one attached hydrogen (secondary N) is 2. The van der Waals surface area contributed by atoms with Crippen molar-refractivity contribution in [3.05, 3.63) is 59.4 Å². The number of rotatable bonds is 7. The van der Waals surface area contributed by atoms with E-state index >= 15 is 0 Å². The SMILES string of the molecule is O=C(CCN1CCCCC1)NCC1CC(c2c(-c3ccc(F)cc3)[nH]c3c(F)cc(F)cc23)C1. The number of halogens is 3. The summed E-state index contributed by atoms with van der Waals surface area (Å²) < 4.78 is 42.0. The van der Waals surface area contributed by atoms with E-state index in [9.17, 15) is 18.0 Å². The molecule has 1 aliphatic carbocycles. The summed E-state index contributed by atoms with van der Waals surface area (Å²) in [6, 6.07) is 8.27. The maximum Gasteiger partial charge on any atom is 0.221 e. The molecule has 1 amide bonds. The number of benzene rings is 2. The first-order valence-corrected chi connectivity index (χ1v) is 12.2. The van der Waals surface area contributed by atoms with Gasteiger partial charge in [-0.05, 0) is 92.1 Å². The first kappa shape index (κ1) is 23.0. The average molecular weight is 470 g/mol. The lowest BCUT2D eigenvalue weighted by molar-refractivity contribution is -0.121. The zero-order chi connectivity index (χ0) is 23.7. The Bertz CT molecular complexity index is 1160. The number of hydrogen-bond donors (Lipinski definition) is 2. The van der Waals surface area contributed by atoms with Gasteiger partial charge in [0.2, 0.25) is 5.91 Å². The van der Waals surface area contributed by atoms with Crippen LogP contribution in [0.1, 0.15) is 50.0 Å². The van der Waals surface area contributed by atoms with Crippen LogP contribution >= 0.6 is 0 Å². The fraction of sp³-hybridized carbons (Fsp3) is 0.444. The Kier molecular flexibility index (Phi) is 6.63. The first-order valence-electron chi connectivity index (χ1n) is 12.2. The van der Waals surface area contributed by atoms with E-state index in [-0.39, 0.29) is 23.2 Å². The molecule has 2 N–H and O–H groups in total. The Morgan fingerprint density at radius 2 is 1.74 bits per heavy atom. The third kappa shape index (κ3) is 4.85. The molecular formula is C27H30F3N3O. The topological polar surface area (TPSA) is 48.1 Å². The Labute approximate surface area is 197 Å². The van der Waals surface area contributed by atoms with Gasteiger partial charge in [0.25, 0.3) is 0 Å². The molecule has 0 atom stereocenters. The van der Waals surface area contributed by atoms with E-state index in [0.717, 1.165) is 49.7 Å². The van der Waals surface area contributed by atoms with E-state index in [4.69, 9.17) is 0 Å². The molecule has 1 aliphatic heterocycles. The summed E-state index contributed by atoms with van der Waals surface area (Å²) in [6.07, 6.45) is 5.88. The fourth-order valence-electron chi connectivity index (χ4n) is 5.44. The summed E-state index contributed by atoms with van der Waals surface area (Å²) in [5, 5.41) is 3.60. The minimum absolute atomic E-state index is 0.0808. The van der Waals surface area contributed by atoms with Crippen molar-refractivity contribution in [3.63, 3.8) is 0 Å². The second kappa shape index (κ2) is 9.82. The molecule has 7 heteroatoms. The van der Waals surface area contributed by atoms with Gasteiger partial charge in [-0.1, -0.05) is 6.42 Å². The quantitative estimate of drug-likeness (QED) is 0.464. The number of carbonyl (C=O) groups excluding carboxylic acids is 1. The largest absolute Gasteiger partial charge is 0.356 e. The molecule has 2 fully saturated rings. The highest BCUT2D eigenvalue weighted by molar-refractivity contribution is 5.92. The molecule has 0 unspecified atom stereocenters. The molecule has 180 valence electrons. The summed E-state index contributed by atoms with van der Waals surface area (Å²) in [5.74, 6) is -1.08. The number of hydrogen-bond acceptors (Lipinski definition) is 2. The Morgan fingerprint density at radius 1 is 1.00 bits per heavy atom. The third-order valence-corrected chi connectivity index (χ3v) is 7.33. The van der Waals surface area contributed by atoms with Crippen LogP contribution in [0, 0.1) is 23.4 Å². The van der Waals surface area contributed by atoms with Crippen LogP contribution in [0.3, 0.4) is 0 Å². The lowest BCUT2D eigenvalue weighted by Gasteiger charge is -2.36. The van der Waals surface area contributed by atoms with E-state index in [1.165, 1.54) is 37.5 Å². The van der Waals surface area contributed by atoms with Gasteiger partial charge in [0.1, 0.15) is 17.5 Å². The van der Waals surface area contributed by atoms with E-state index in [2.05, 4.69) is 15.2 Å². The molecule has 34 heavy (non-hydrogen) atoms. The van der Waals surface area contributed by atoms with E-state index in [1.807, 2.05) is 0 Å². The van der Waals surface area contributed by atoms with Crippen molar-refractivity contribution in [1.29, 1.82) is 0 Å². The van der Waals surface area contributed by atoms with Crippen molar-refractivity contribution in [2.75, 3.05) is 26.2 Å². The molecule has 2 aliphatic rings. The molecular weight excluding hydrogens is 439 g/mol. The summed E-state index contributed by atoms with van der Waals surface area (Å²) in [7, 11) is 0. The number of aromatic nitrogens is 1. The predicted octanol–water partition coefficient (Wildman–Crippen LogP) is 5.74. The van der Waals surface area contributed by atoms with Crippen molar-refractivity contribution in [2.24, 2.45) is 5.92 Å². The van der Waals surface area contributed by atoms with Gasteiger partial charge in [-0.25, -0.2) is 13.2 Å². The molecule has 5 rings (SSSR count). The van der Waals surface area contributed by atoms with Crippen LogP contribution in [-0.2, 0) is 4.79 Å². The van der Waals surface area contributed by atoms with Gasteiger partial charge in [-0.2, -0.15) is 0 Å². The number of amides is 1. The van der Waals surface area contributed by atoms with Crippen LogP contribution in [-0.4, -0.2) is 42.0 Å². The summed E-state index contributed by atoms with van der Waals surface area (Å²) in [4.78, 5) is 17.8. The number of nitrogens with zero attached hydrogens (tertiary/aromatic N) is 1. The standard InChI is InChI=1S/C27H30F3N3O/c28-20-6-4-18(5-7-20)26-25(22-14-21(29)15-23(30)27(22)32-26)19-12-17(13-19)16-31-24(34)8-11-33-9-2-1-3-10-33/h4-7,14-15,17,19,32H,1-3,8-13,16H2,(H,31,34). The Balaban J connectivity index is 1.25. The lowest BCUT2D eigenvalue weighted by Crippen LogP contribution is -2.38. The first-order chi connectivity index (χ1) is 16.5. The lowest BCUT2D eigenvalue weighted by atomic mass is 9.70. The van der Waals surface area contributed by atoms with Crippen LogP contribution in [0.4, 0.5) is 13.2 Å². The number of likely N-dealkylation sites (tertiary alicyclic amines) is 1. The Morgan fingerprint density at radius 3 is 2.47 bits per heavy atom. The minimum atomic E-state index is -0.638. The van der Waals surface area contributed by atoms with Gasteiger partial charge in [-0.3, -0.25) is 4.79 Å². The zero-order valence-corrected chi connectivity index (χ0v) is 19.2. The normalized spacial score (nSPS) is 20.9. The highest BCUT2D eigenvalue weighted by atomic mass is 19.1. The maximum absolute atomic E-state index is 14.5. The smallest absolute Gasteiger partial charge is 0.221 e.